The molecule has 9 heteroatoms. The van der Waals surface area contributed by atoms with Crippen LogP contribution in [0.15, 0.2) is 36.4 Å². The lowest BCUT2D eigenvalue weighted by atomic mass is 10.0. The molecule has 0 bridgehead atoms. The topological polar surface area (TPSA) is 125 Å². The number of hydrogen-bond acceptors (Lipinski definition) is 5. The molecule has 3 N–H and O–H groups in total. The minimum Gasteiger partial charge on any atom is -0.334 e. The molecule has 0 radical (unpaired) electrons. The summed E-state index contributed by atoms with van der Waals surface area (Å²) in [6.07, 6.45) is 1.71. The molecule has 5 amide bonds. The third kappa shape index (κ3) is 3.97. The Morgan fingerprint density at radius 3 is 2.64 bits per heavy atom. The number of aryl methyl sites for hydroxylation is 1. The molecule has 2 aliphatic heterocycles. The monoisotopic (exact) mass is 446 g/mol. The number of imide groups is 1. The standard InChI is InChI=1S/C24H22N4O5/c29-20-7-3-14-10-16(4-5-17(14)20)26-24(33)25-11-13-1-2-15-12-28(23(32)18(15)9-13)19-6-8-21(30)27-22(19)31/h1-2,4-5,9-10,19H,3,6-8,11-12H2,(H2,25,26,33)(H,27,30,31). The van der Waals surface area contributed by atoms with E-state index in [9.17, 15) is 24.0 Å². The summed E-state index contributed by atoms with van der Waals surface area (Å²) in [4.78, 5) is 62.0. The summed E-state index contributed by atoms with van der Waals surface area (Å²) in [5, 5.41) is 7.83. The first-order chi connectivity index (χ1) is 15.9. The molecule has 0 saturated carbocycles. The van der Waals surface area contributed by atoms with Gasteiger partial charge in [0, 0.05) is 42.7 Å². The number of piperidine rings is 1. The molecule has 2 aromatic rings. The second kappa shape index (κ2) is 8.16. The Bertz CT molecular complexity index is 1220. The van der Waals surface area contributed by atoms with E-state index >= 15 is 0 Å². The predicted molar refractivity (Wildman–Crippen MR) is 117 cm³/mol. The van der Waals surface area contributed by atoms with Crippen molar-refractivity contribution in [2.75, 3.05) is 5.32 Å². The van der Waals surface area contributed by atoms with Gasteiger partial charge in [-0.05, 0) is 53.8 Å². The largest absolute Gasteiger partial charge is 0.334 e. The molecule has 3 aliphatic rings. The highest BCUT2D eigenvalue weighted by Crippen LogP contribution is 2.28. The number of nitrogens with zero attached hydrogens (tertiary/aromatic N) is 1. The van der Waals surface area contributed by atoms with Gasteiger partial charge in [-0.2, -0.15) is 0 Å². The molecule has 1 atom stereocenters. The SMILES string of the molecule is O=C1CCC(N2Cc3ccc(CNC(=O)Nc4ccc5c(c4)CCC5=O)cc3C2=O)C(=O)N1. The average molecular weight is 446 g/mol. The van der Waals surface area contributed by atoms with Crippen LogP contribution in [0.25, 0.3) is 0 Å². The highest BCUT2D eigenvalue weighted by Gasteiger charge is 2.39. The maximum absolute atomic E-state index is 12.9. The number of urea groups is 1. The van der Waals surface area contributed by atoms with Crippen molar-refractivity contribution in [2.24, 2.45) is 0 Å². The molecule has 1 aliphatic carbocycles. The van der Waals surface area contributed by atoms with E-state index in [1.807, 2.05) is 18.2 Å². The third-order valence-electron chi connectivity index (χ3n) is 6.33. The van der Waals surface area contributed by atoms with E-state index in [-0.39, 0.29) is 30.6 Å². The van der Waals surface area contributed by atoms with E-state index in [2.05, 4.69) is 16.0 Å². The van der Waals surface area contributed by atoms with Crippen LogP contribution in [-0.2, 0) is 29.1 Å². The van der Waals surface area contributed by atoms with Crippen molar-refractivity contribution in [3.8, 4) is 0 Å². The fourth-order valence-electron chi connectivity index (χ4n) is 4.60. The molecule has 168 valence electrons. The van der Waals surface area contributed by atoms with Crippen molar-refractivity contribution in [3.63, 3.8) is 0 Å². The van der Waals surface area contributed by atoms with Crippen LogP contribution in [0.2, 0.25) is 0 Å². The van der Waals surface area contributed by atoms with Gasteiger partial charge in [0.25, 0.3) is 5.91 Å². The number of amides is 5. The number of nitrogens with one attached hydrogen (secondary N) is 3. The van der Waals surface area contributed by atoms with Gasteiger partial charge in [0.15, 0.2) is 5.78 Å². The summed E-state index contributed by atoms with van der Waals surface area (Å²) in [7, 11) is 0. The number of carbonyl (C=O) groups excluding carboxylic acids is 5. The molecule has 1 saturated heterocycles. The van der Waals surface area contributed by atoms with Crippen LogP contribution >= 0.6 is 0 Å². The van der Waals surface area contributed by atoms with Crippen LogP contribution in [0.3, 0.4) is 0 Å². The highest BCUT2D eigenvalue weighted by molar-refractivity contribution is 6.05. The number of Topliss-reactive ketones (excluding diaryl/α,β-unsaturated/α-hetero) is 1. The molecule has 0 aromatic heterocycles. The summed E-state index contributed by atoms with van der Waals surface area (Å²) in [5.74, 6) is -0.885. The van der Waals surface area contributed by atoms with E-state index < -0.39 is 18.0 Å². The van der Waals surface area contributed by atoms with Crippen LogP contribution in [0, 0.1) is 0 Å². The number of anilines is 1. The highest BCUT2D eigenvalue weighted by atomic mass is 16.2. The van der Waals surface area contributed by atoms with Gasteiger partial charge in [-0.1, -0.05) is 12.1 Å². The third-order valence-corrected chi connectivity index (χ3v) is 6.33. The molecule has 2 aromatic carbocycles. The fourth-order valence-corrected chi connectivity index (χ4v) is 4.60. The van der Waals surface area contributed by atoms with Gasteiger partial charge >= 0.3 is 6.03 Å². The van der Waals surface area contributed by atoms with Crippen molar-refractivity contribution in [1.82, 2.24) is 15.5 Å². The van der Waals surface area contributed by atoms with Crippen molar-refractivity contribution >= 4 is 35.2 Å². The van der Waals surface area contributed by atoms with Crippen LogP contribution in [0.1, 0.15) is 56.7 Å². The van der Waals surface area contributed by atoms with Gasteiger partial charge in [0.1, 0.15) is 6.04 Å². The zero-order valence-corrected chi connectivity index (χ0v) is 17.8. The Kier molecular flexibility index (Phi) is 5.16. The van der Waals surface area contributed by atoms with Crippen molar-refractivity contribution in [1.29, 1.82) is 0 Å². The lowest BCUT2D eigenvalue weighted by Crippen LogP contribution is -2.52. The van der Waals surface area contributed by atoms with E-state index in [4.69, 9.17) is 0 Å². The first-order valence-corrected chi connectivity index (χ1v) is 10.9. The molecular formula is C24H22N4O5. The number of rotatable bonds is 4. The minimum atomic E-state index is -0.655. The van der Waals surface area contributed by atoms with Crippen LogP contribution in [0.4, 0.5) is 10.5 Å². The summed E-state index contributed by atoms with van der Waals surface area (Å²) < 4.78 is 0. The molecule has 9 nitrogen and oxygen atoms in total. The average Bonchev–Trinajstić information content (AvgIpc) is 3.32. The van der Waals surface area contributed by atoms with E-state index in [0.29, 0.717) is 37.1 Å². The zero-order valence-electron chi connectivity index (χ0n) is 17.8. The smallest absolute Gasteiger partial charge is 0.319 e. The Balaban J connectivity index is 1.20. The Morgan fingerprint density at radius 1 is 0.970 bits per heavy atom. The summed E-state index contributed by atoms with van der Waals surface area (Å²) in [5.41, 5.74) is 4.34. The lowest BCUT2D eigenvalue weighted by molar-refractivity contribution is -0.136. The Morgan fingerprint density at radius 2 is 1.82 bits per heavy atom. The quantitative estimate of drug-likeness (QED) is 0.619. The summed E-state index contributed by atoms with van der Waals surface area (Å²) >= 11 is 0. The number of hydrogen-bond donors (Lipinski definition) is 3. The number of carbonyl (C=O) groups is 5. The number of benzene rings is 2. The number of fused-ring (bicyclic) bond motifs is 2. The Hall–Kier alpha value is -4.01. The summed E-state index contributed by atoms with van der Waals surface area (Å²) in [6, 6.07) is 9.60. The van der Waals surface area contributed by atoms with Crippen LogP contribution in [-0.4, -0.2) is 40.5 Å². The normalized spacial score (nSPS) is 19.3. The molecule has 1 fully saturated rings. The molecule has 1 unspecified atom stereocenters. The second-order valence-corrected chi connectivity index (χ2v) is 8.49. The maximum Gasteiger partial charge on any atom is 0.319 e. The van der Waals surface area contributed by atoms with Gasteiger partial charge in [0.05, 0.1) is 0 Å². The molecule has 0 spiro atoms. The van der Waals surface area contributed by atoms with E-state index in [0.717, 1.165) is 22.3 Å². The predicted octanol–water partition coefficient (Wildman–Crippen LogP) is 1.90. The van der Waals surface area contributed by atoms with Crippen LogP contribution in [0.5, 0.6) is 0 Å². The lowest BCUT2D eigenvalue weighted by Gasteiger charge is -2.29. The number of ketones is 1. The minimum absolute atomic E-state index is 0.128. The van der Waals surface area contributed by atoms with Gasteiger partial charge in [0.2, 0.25) is 11.8 Å². The second-order valence-electron chi connectivity index (χ2n) is 8.49. The first kappa shape index (κ1) is 20.9. The molecular weight excluding hydrogens is 424 g/mol. The fraction of sp³-hybridized carbons (Fsp3) is 0.292. The van der Waals surface area contributed by atoms with Gasteiger partial charge in [-0.3, -0.25) is 24.5 Å². The van der Waals surface area contributed by atoms with Crippen molar-refractivity contribution < 1.29 is 24.0 Å². The van der Waals surface area contributed by atoms with Crippen molar-refractivity contribution in [2.45, 2.75) is 44.8 Å². The molecule has 2 heterocycles. The summed E-state index contributed by atoms with van der Waals surface area (Å²) in [6.45, 7) is 0.531. The zero-order chi connectivity index (χ0) is 23.1. The molecule has 5 rings (SSSR count). The van der Waals surface area contributed by atoms with Gasteiger partial charge in [-0.25, -0.2) is 4.79 Å². The van der Waals surface area contributed by atoms with E-state index in [1.54, 1.807) is 18.2 Å². The van der Waals surface area contributed by atoms with Crippen molar-refractivity contribution in [3.05, 3.63) is 64.2 Å². The molecule has 33 heavy (non-hydrogen) atoms. The van der Waals surface area contributed by atoms with Gasteiger partial charge in [-0.15, -0.1) is 0 Å². The first-order valence-electron chi connectivity index (χ1n) is 10.9. The Labute approximate surface area is 189 Å². The maximum atomic E-state index is 12.9. The van der Waals surface area contributed by atoms with Gasteiger partial charge < -0.3 is 15.5 Å². The van der Waals surface area contributed by atoms with E-state index in [1.165, 1.54) is 4.90 Å². The van der Waals surface area contributed by atoms with Crippen LogP contribution < -0.4 is 16.0 Å².